The number of amides is 4. The highest BCUT2D eigenvalue weighted by Crippen LogP contribution is 2.46. The summed E-state index contributed by atoms with van der Waals surface area (Å²) in [7, 11) is 1.58. The van der Waals surface area contributed by atoms with E-state index in [2.05, 4.69) is 15.6 Å². The molecule has 1 unspecified atom stereocenters. The summed E-state index contributed by atoms with van der Waals surface area (Å²) in [6, 6.07) is 16.3. The molecule has 0 radical (unpaired) electrons. The molecule has 2 aliphatic heterocycles. The first-order valence-electron chi connectivity index (χ1n) is 14.3. The molecule has 2 aromatic carbocycles. The van der Waals surface area contributed by atoms with Crippen LogP contribution in [-0.4, -0.2) is 60.6 Å². The summed E-state index contributed by atoms with van der Waals surface area (Å²) >= 11 is 1.24. The molecule has 2 aliphatic rings. The molecule has 4 amide bonds. The number of aryl methyl sites for hydroxylation is 1. The molecule has 2 aromatic heterocycles. The van der Waals surface area contributed by atoms with Crippen molar-refractivity contribution in [3.63, 3.8) is 0 Å². The molecule has 2 N–H and O–H groups in total. The van der Waals surface area contributed by atoms with E-state index < -0.39 is 0 Å². The van der Waals surface area contributed by atoms with Crippen LogP contribution in [0.3, 0.4) is 0 Å². The number of anilines is 3. The van der Waals surface area contributed by atoms with Crippen LogP contribution in [0.1, 0.15) is 35.0 Å². The highest BCUT2D eigenvalue weighted by atomic mass is 32.1. The number of ether oxygens (including phenoxy) is 2. The standard InChI is InChI=1S/C32H33N5O5S/c1-19-16-23(42-22-9-5-4-6-10-22)11-12-24(19)37-25-13-14-33-30-26(25)27(35-32(37)40)28(43-30)29(38)34-21-8-7-15-36(17-21)31(39)20(2)18-41-3/h4-6,9-14,16,20-21H,7-8,15,17-18H2,1-3H3,(H,34,38)(H,35,40)/t20?,21-/m1/s1. The number of nitrogens with zero attached hydrogens (tertiary/aromatic N) is 3. The molecule has 10 nitrogen and oxygen atoms in total. The van der Waals surface area contributed by atoms with Gasteiger partial charge in [-0.15, -0.1) is 11.3 Å². The number of rotatable bonds is 8. The van der Waals surface area contributed by atoms with Crippen LogP contribution in [0, 0.1) is 12.8 Å². The molecule has 0 spiro atoms. The number of pyridine rings is 1. The van der Waals surface area contributed by atoms with Gasteiger partial charge in [0.1, 0.15) is 21.2 Å². The predicted octanol–water partition coefficient (Wildman–Crippen LogP) is 6.08. The number of nitrogens with one attached hydrogen (secondary N) is 2. The molecule has 43 heavy (non-hydrogen) atoms. The van der Waals surface area contributed by atoms with Crippen molar-refractivity contribution < 1.29 is 23.9 Å². The van der Waals surface area contributed by atoms with Gasteiger partial charge in [-0.05, 0) is 61.7 Å². The van der Waals surface area contributed by atoms with E-state index in [1.807, 2.05) is 62.4 Å². The second-order valence-corrected chi connectivity index (χ2v) is 11.9. The van der Waals surface area contributed by atoms with Crippen molar-refractivity contribution in [3.8, 4) is 11.5 Å². The first kappa shape index (κ1) is 28.6. The van der Waals surface area contributed by atoms with Crippen LogP contribution in [0.25, 0.3) is 10.2 Å². The second kappa shape index (κ2) is 12.0. The molecule has 4 heterocycles. The van der Waals surface area contributed by atoms with Gasteiger partial charge >= 0.3 is 6.03 Å². The number of hydrogen-bond donors (Lipinski definition) is 2. The number of piperidine rings is 1. The van der Waals surface area contributed by atoms with Crippen LogP contribution in [0.15, 0.2) is 60.8 Å². The van der Waals surface area contributed by atoms with E-state index in [0.717, 1.165) is 29.5 Å². The number of carbonyl (C=O) groups excluding carboxylic acids is 3. The number of para-hydroxylation sites is 1. The fourth-order valence-electron chi connectivity index (χ4n) is 5.73. The highest BCUT2D eigenvalue weighted by molar-refractivity contribution is 7.21. The lowest BCUT2D eigenvalue weighted by molar-refractivity contribution is -0.137. The molecule has 6 rings (SSSR count). The van der Waals surface area contributed by atoms with E-state index in [4.69, 9.17) is 9.47 Å². The predicted molar refractivity (Wildman–Crippen MR) is 167 cm³/mol. The third-order valence-corrected chi connectivity index (χ3v) is 8.84. The van der Waals surface area contributed by atoms with E-state index in [1.54, 1.807) is 29.2 Å². The number of benzene rings is 2. The Morgan fingerprint density at radius 3 is 2.72 bits per heavy atom. The minimum Gasteiger partial charge on any atom is -0.457 e. The van der Waals surface area contributed by atoms with Crippen molar-refractivity contribution in [2.75, 3.05) is 37.0 Å². The van der Waals surface area contributed by atoms with Crippen molar-refractivity contribution in [3.05, 3.63) is 71.2 Å². The van der Waals surface area contributed by atoms with E-state index in [1.165, 1.54) is 11.3 Å². The largest absolute Gasteiger partial charge is 0.457 e. The summed E-state index contributed by atoms with van der Waals surface area (Å²) in [5.74, 6) is 0.874. The first-order chi connectivity index (χ1) is 20.8. The highest BCUT2D eigenvalue weighted by Gasteiger charge is 2.34. The molecule has 1 fully saturated rings. The fraction of sp³-hybridized carbons (Fsp3) is 0.312. The van der Waals surface area contributed by atoms with Crippen molar-refractivity contribution >= 4 is 56.5 Å². The van der Waals surface area contributed by atoms with Gasteiger partial charge in [-0.25, -0.2) is 9.78 Å². The molecular weight excluding hydrogens is 566 g/mol. The van der Waals surface area contributed by atoms with E-state index in [-0.39, 0.29) is 29.8 Å². The molecular formula is C32H33N5O5S. The zero-order valence-corrected chi connectivity index (χ0v) is 25.1. The Morgan fingerprint density at radius 1 is 1.14 bits per heavy atom. The topological polar surface area (TPSA) is 113 Å². The number of methoxy groups -OCH3 is 1. The molecule has 2 atom stereocenters. The fourth-order valence-corrected chi connectivity index (χ4v) is 6.75. The zero-order chi connectivity index (χ0) is 30.1. The Hall–Kier alpha value is -4.48. The minimum atomic E-state index is -0.367. The Balaban J connectivity index is 1.25. The van der Waals surface area contributed by atoms with Crippen molar-refractivity contribution in [2.24, 2.45) is 5.92 Å². The molecule has 0 bridgehead atoms. The maximum Gasteiger partial charge on any atom is 0.331 e. The number of aromatic nitrogens is 1. The summed E-state index contributed by atoms with van der Waals surface area (Å²) in [6.45, 7) is 5.22. The lowest BCUT2D eigenvalue weighted by atomic mass is 10.0. The van der Waals surface area contributed by atoms with Gasteiger partial charge in [-0.1, -0.05) is 25.1 Å². The number of urea groups is 1. The van der Waals surface area contributed by atoms with E-state index in [0.29, 0.717) is 52.2 Å². The Morgan fingerprint density at radius 2 is 1.95 bits per heavy atom. The molecule has 1 saturated heterocycles. The second-order valence-electron chi connectivity index (χ2n) is 10.9. The average molecular weight is 600 g/mol. The van der Waals surface area contributed by atoms with Crippen LogP contribution in [0.5, 0.6) is 11.5 Å². The van der Waals surface area contributed by atoms with Gasteiger partial charge in [-0.2, -0.15) is 0 Å². The quantitative estimate of drug-likeness (QED) is 0.254. The van der Waals surface area contributed by atoms with Crippen LogP contribution in [0.2, 0.25) is 0 Å². The minimum absolute atomic E-state index is 0.0221. The van der Waals surface area contributed by atoms with Crippen LogP contribution < -0.4 is 20.3 Å². The van der Waals surface area contributed by atoms with Crippen LogP contribution in [0.4, 0.5) is 21.9 Å². The van der Waals surface area contributed by atoms with Gasteiger partial charge in [0.15, 0.2) is 0 Å². The molecule has 11 heteroatoms. The van der Waals surface area contributed by atoms with Crippen molar-refractivity contribution in [1.82, 2.24) is 15.2 Å². The number of carbonyl (C=O) groups is 3. The molecule has 4 aromatic rings. The van der Waals surface area contributed by atoms with E-state index in [9.17, 15) is 14.4 Å². The first-order valence-corrected chi connectivity index (χ1v) is 15.1. The van der Waals surface area contributed by atoms with Crippen LogP contribution >= 0.6 is 11.3 Å². The van der Waals surface area contributed by atoms with Gasteiger partial charge in [0.2, 0.25) is 5.91 Å². The monoisotopic (exact) mass is 599 g/mol. The van der Waals surface area contributed by atoms with Crippen molar-refractivity contribution in [1.29, 1.82) is 0 Å². The third-order valence-electron chi connectivity index (χ3n) is 7.75. The SMILES string of the molecule is COCC(C)C(=O)N1CCC[C@@H](NC(=O)c2sc3nccc4c3c2NC(=O)N4c2ccc(Oc3ccccc3)cc2C)C1. The zero-order valence-electron chi connectivity index (χ0n) is 24.3. The van der Waals surface area contributed by atoms with Gasteiger partial charge in [0.05, 0.1) is 35.0 Å². The summed E-state index contributed by atoms with van der Waals surface area (Å²) in [6.07, 6.45) is 3.21. The summed E-state index contributed by atoms with van der Waals surface area (Å²) < 4.78 is 11.1. The van der Waals surface area contributed by atoms with Gasteiger partial charge in [0.25, 0.3) is 5.91 Å². The normalized spacial score (nSPS) is 17.0. The lowest BCUT2D eigenvalue weighted by Gasteiger charge is -2.34. The number of likely N-dealkylation sites (tertiary alicyclic amines) is 1. The lowest BCUT2D eigenvalue weighted by Crippen LogP contribution is -2.51. The smallest absolute Gasteiger partial charge is 0.331 e. The molecule has 222 valence electrons. The average Bonchev–Trinajstić information content (AvgIpc) is 3.38. The van der Waals surface area contributed by atoms with Gasteiger partial charge < -0.3 is 25.0 Å². The summed E-state index contributed by atoms with van der Waals surface area (Å²) in [5, 5.41) is 6.78. The maximum absolute atomic E-state index is 13.6. The van der Waals surface area contributed by atoms with Crippen molar-refractivity contribution in [2.45, 2.75) is 32.7 Å². The Kier molecular flexibility index (Phi) is 8.00. The van der Waals surface area contributed by atoms with Gasteiger partial charge in [-0.3, -0.25) is 14.5 Å². The van der Waals surface area contributed by atoms with Gasteiger partial charge in [0, 0.05) is 32.4 Å². The van der Waals surface area contributed by atoms with Crippen LogP contribution in [-0.2, 0) is 9.53 Å². The number of hydrogen-bond acceptors (Lipinski definition) is 7. The molecule has 0 aliphatic carbocycles. The summed E-state index contributed by atoms with van der Waals surface area (Å²) in [4.78, 5) is 49.0. The Labute approximate surface area is 253 Å². The maximum atomic E-state index is 13.6. The Bertz CT molecular complexity index is 1690. The number of thiophene rings is 1. The summed E-state index contributed by atoms with van der Waals surface area (Å²) in [5.41, 5.74) is 2.66. The third kappa shape index (κ3) is 5.65. The molecule has 0 saturated carbocycles. The van der Waals surface area contributed by atoms with E-state index >= 15 is 0 Å².